The second-order valence-electron chi connectivity index (χ2n) is 8.37. The Morgan fingerprint density at radius 3 is 2.35 bits per heavy atom. The third-order valence-electron chi connectivity index (χ3n) is 4.98. The number of aromatic nitrogens is 3. The van der Waals surface area contributed by atoms with Crippen LogP contribution in [0, 0.1) is 6.92 Å². The summed E-state index contributed by atoms with van der Waals surface area (Å²) in [7, 11) is -3.84. The Hall–Kier alpha value is -2.90. The first kappa shape index (κ1) is 21.3. The fourth-order valence-electron chi connectivity index (χ4n) is 3.30. The maximum absolute atomic E-state index is 12.9. The molecular weight excluding hydrogens is 432 g/mol. The molecule has 4 rings (SSSR count). The molecule has 0 amide bonds. The van der Waals surface area contributed by atoms with Crippen molar-refractivity contribution in [3.8, 4) is 5.69 Å². The number of hydrogen-bond donors (Lipinski definition) is 1. The van der Waals surface area contributed by atoms with Gasteiger partial charge in [0.25, 0.3) is 10.0 Å². The van der Waals surface area contributed by atoms with Crippen molar-refractivity contribution in [3.63, 3.8) is 0 Å². The fourth-order valence-corrected chi connectivity index (χ4v) is 4.60. The summed E-state index contributed by atoms with van der Waals surface area (Å²) >= 11 is 6.47. The number of sulfonamides is 1. The zero-order valence-electron chi connectivity index (χ0n) is 17.7. The zero-order chi connectivity index (χ0) is 22.4. The van der Waals surface area contributed by atoms with Crippen LogP contribution in [0.5, 0.6) is 0 Å². The Balaban J connectivity index is 1.87. The Bertz CT molecular complexity index is 1370. The van der Waals surface area contributed by atoms with Crippen molar-refractivity contribution in [2.75, 3.05) is 4.72 Å². The molecule has 31 heavy (non-hydrogen) atoms. The van der Waals surface area contributed by atoms with Crippen LogP contribution in [0.25, 0.3) is 16.6 Å². The number of hydrogen-bond acceptors (Lipinski definition) is 4. The van der Waals surface area contributed by atoms with Gasteiger partial charge in [-0.2, -0.15) is 5.10 Å². The third kappa shape index (κ3) is 4.03. The molecule has 8 heteroatoms. The summed E-state index contributed by atoms with van der Waals surface area (Å²) in [5.41, 5.74) is 2.88. The van der Waals surface area contributed by atoms with Crippen molar-refractivity contribution in [3.05, 3.63) is 77.1 Å². The molecule has 160 valence electrons. The molecular formula is C23H23ClN4O2S. The summed E-state index contributed by atoms with van der Waals surface area (Å²) in [6.07, 6.45) is 0. The molecule has 2 aromatic carbocycles. The molecule has 0 aliphatic heterocycles. The maximum atomic E-state index is 12.9. The number of anilines is 1. The first-order valence-corrected chi connectivity index (χ1v) is 11.7. The molecule has 0 saturated heterocycles. The average molecular weight is 455 g/mol. The van der Waals surface area contributed by atoms with Gasteiger partial charge in [-0.25, -0.2) is 13.1 Å². The van der Waals surface area contributed by atoms with Gasteiger partial charge in [-0.1, -0.05) is 56.6 Å². The summed E-state index contributed by atoms with van der Waals surface area (Å²) in [6.45, 7) is 8.06. The van der Waals surface area contributed by atoms with E-state index in [2.05, 4.69) is 30.6 Å². The van der Waals surface area contributed by atoms with Gasteiger partial charge in [0.1, 0.15) is 5.02 Å². The van der Waals surface area contributed by atoms with Crippen LogP contribution in [0.15, 0.2) is 65.6 Å². The van der Waals surface area contributed by atoms with Gasteiger partial charge >= 0.3 is 0 Å². The van der Waals surface area contributed by atoms with Crippen molar-refractivity contribution in [1.29, 1.82) is 0 Å². The highest BCUT2D eigenvalue weighted by Gasteiger charge is 2.23. The van der Waals surface area contributed by atoms with Crippen molar-refractivity contribution in [2.24, 2.45) is 0 Å². The molecule has 0 fully saturated rings. The molecule has 0 spiro atoms. The second kappa shape index (κ2) is 7.66. The summed E-state index contributed by atoms with van der Waals surface area (Å²) in [5.74, 6) is 0.190. The highest BCUT2D eigenvalue weighted by atomic mass is 35.5. The number of aryl methyl sites for hydroxylation is 1. The van der Waals surface area contributed by atoms with E-state index in [1.165, 1.54) is 16.8 Å². The predicted octanol–water partition coefficient (Wildman–Crippen LogP) is 5.48. The molecule has 0 aliphatic carbocycles. The molecule has 6 nitrogen and oxygen atoms in total. The van der Waals surface area contributed by atoms with Crippen LogP contribution in [-0.4, -0.2) is 23.2 Å². The maximum Gasteiger partial charge on any atom is 0.263 e. The van der Waals surface area contributed by atoms with Gasteiger partial charge in [0.15, 0.2) is 5.82 Å². The smallest absolute Gasteiger partial charge is 0.262 e. The van der Waals surface area contributed by atoms with Crippen LogP contribution in [0.3, 0.4) is 0 Å². The van der Waals surface area contributed by atoms with Gasteiger partial charge in [0.05, 0.1) is 21.8 Å². The Morgan fingerprint density at radius 1 is 0.968 bits per heavy atom. The fraction of sp³-hybridized carbons (Fsp3) is 0.217. The molecule has 0 saturated carbocycles. The zero-order valence-corrected chi connectivity index (χ0v) is 19.3. The number of nitrogens with zero attached hydrogens (tertiary/aromatic N) is 3. The van der Waals surface area contributed by atoms with E-state index in [1.54, 1.807) is 25.1 Å². The number of benzene rings is 2. The lowest BCUT2D eigenvalue weighted by Crippen LogP contribution is -2.16. The van der Waals surface area contributed by atoms with Gasteiger partial charge < -0.3 is 0 Å². The first-order chi connectivity index (χ1) is 14.6. The predicted molar refractivity (Wildman–Crippen MR) is 125 cm³/mol. The van der Waals surface area contributed by atoms with E-state index in [1.807, 2.05) is 30.3 Å². The number of pyridine rings is 1. The van der Waals surface area contributed by atoms with Crippen LogP contribution >= 0.6 is 11.6 Å². The minimum atomic E-state index is -3.84. The lowest BCUT2D eigenvalue weighted by Gasteiger charge is -2.19. The summed E-state index contributed by atoms with van der Waals surface area (Å²) in [5, 5.41) is 5.60. The van der Waals surface area contributed by atoms with E-state index in [-0.39, 0.29) is 21.2 Å². The standard InChI is InChI=1S/C23H23ClN4O2S/c1-15-21(24)22(27-31(29,30)16-9-6-5-7-10-16)28(26-15)19-12-8-11-18-17(19)13-14-20(25-18)23(2,3)4/h5-14,27H,1-4H3. The molecule has 4 aromatic rings. The second-order valence-corrected chi connectivity index (χ2v) is 10.4. The molecule has 0 unspecified atom stereocenters. The minimum absolute atomic E-state index is 0.0910. The van der Waals surface area contributed by atoms with Crippen molar-refractivity contribution in [1.82, 2.24) is 14.8 Å². The summed E-state index contributed by atoms with van der Waals surface area (Å²) in [4.78, 5) is 4.95. The van der Waals surface area contributed by atoms with Gasteiger partial charge in [0, 0.05) is 16.5 Å². The van der Waals surface area contributed by atoms with E-state index in [0.717, 1.165) is 16.6 Å². The SMILES string of the molecule is Cc1nn(-c2cccc3nc(C(C)(C)C)ccc23)c(NS(=O)(=O)c2ccccc2)c1Cl. The molecule has 0 bridgehead atoms. The molecule has 0 atom stereocenters. The van der Waals surface area contributed by atoms with Crippen LogP contribution in [-0.2, 0) is 15.4 Å². The van der Waals surface area contributed by atoms with E-state index in [9.17, 15) is 8.42 Å². The molecule has 0 radical (unpaired) electrons. The number of halogens is 1. The lowest BCUT2D eigenvalue weighted by molar-refractivity contribution is 0.571. The Labute approximate surface area is 186 Å². The monoisotopic (exact) mass is 454 g/mol. The molecule has 0 aliphatic rings. The van der Waals surface area contributed by atoms with E-state index in [0.29, 0.717) is 11.4 Å². The van der Waals surface area contributed by atoms with Gasteiger partial charge in [-0.3, -0.25) is 9.71 Å². The van der Waals surface area contributed by atoms with Crippen LogP contribution in [0.2, 0.25) is 5.02 Å². The molecule has 2 aromatic heterocycles. The molecule has 2 heterocycles. The topological polar surface area (TPSA) is 76.9 Å². The Kier molecular flexibility index (Phi) is 5.27. The number of rotatable bonds is 4. The summed E-state index contributed by atoms with van der Waals surface area (Å²) in [6, 6.07) is 17.8. The normalized spacial score (nSPS) is 12.3. The lowest BCUT2D eigenvalue weighted by atomic mass is 9.91. The Morgan fingerprint density at radius 2 is 1.68 bits per heavy atom. The number of nitrogens with one attached hydrogen (secondary N) is 1. The highest BCUT2D eigenvalue weighted by Crippen LogP contribution is 2.33. The van der Waals surface area contributed by atoms with Crippen LogP contribution in [0.1, 0.15) is 32.2 Å². The van der Waals surface area contributed by atoms with Gasteiger partial charge in [-0.15, -0.1) is 0 Å². The number of fused-ring (bicyclic) bond motifs is 1. The third-order valence-corrected chi connectivity index (χ3v) is 6.78. The van der Waals surface area contributed by atoms with E-state index < -0.39 is 10.0 Å². The minimum Gasteiger partial charge on any atom is -0.262 e. The van der Waals surface area contributed by atoms with Gasteiger partial charge in [-0.05, 0) is 43.3 Å². The van der Waals surface area contributed by atoms with Crippen molar-refractivity contribution >= 4 is 38.3 Å². The molecule has 1 N–H and O–H groups in total. The van der Waals surface area contributed by atoms with Crippen molar-refractivity contribution < 1.29 is 8.42 Å². The van der Waals surface area contributed by atoms with E-state index >= 15 is 0 Å². The largest absolute Gasteiger partial charge is 0.263 e. The van der Waals surface area contributed by atoms with Crippen LogP contribution < -0.4 is 4.72 Å². The van der Waals surface area contributed by atoms with E-state index in [4.69, 9.17) is 16.6 Å². The summed E-state index contributed by atoms with van der Waals surface area (Å²) < 4.78 is 30.0. The quantitative estimate of drug-likeness (QED) is 0.443. The first-order valence-electron chi connectivity index (χ1n) is 9.81. The highest BCUT2D eigenvalue weighted by molar-refractivity contribution is 7.92. The van der Waals surface area contributed by atoms with Crippen molar-refractivity contribution in [2.45, 2.75) is 38.0 Å². The van der Waals surface area contributed by atoms with Crippen LogP contribution in [0.4, 0.5) is 5.82 Å². The van der Waals surface area contributed by atoms with Gasteiger partial charge in [0.2, 0.25) is 0 Å². The average Bonchev–Trinajstić information content (AvgIpc) is 3.00.